The molecule has 8 heteroatoms. The molecule has 0 atom stereocenters. The molecule has 162 valence electrons. The summed E-state index contributed by atoms with van der Waals surface area (Å²) in [6.07, 6.45) is 3.14. The van der Waals surface area contributed by atoms with Crippen LogP contribution in [0.4, 0.5) is 11.4 Å². The van der Waals surface area contributed by atoms with Crippen LogP contribution in [0.25, 0.3) is 6.08 Å². The van der Waals surface area contributed by atoms with Gasteiger partial charge in [0.1, 0.15) is 6.07 Å². The van der Waals surface area contributed by atoms with E-state index in [2.05, 4.69) is 22.2 Å². The molecule has 0 unspecified atom stereocenters. The van der Waals surface area contributed by atoms with Crippen molar-refractivity contribution in [2.45, 2.75) is 0 Å². The number of methoxy groups -OCH3 is 1. The monoisotopic (exact) mass is 440 g/mol. The second-order valence-electron chi connectivity index (χ2n) is 7.13. The van der Waals surface area contributed by atoms with Crippen molar-refractivity contribution in [3.63, 3.8) is 0 Å². The fourth-order valence-electron chi connectivity index (χ4n) is 3.29. The molecule has 1 heterocycles. The SMILES string of the molecule is COc1cc(/C=C/C(=O)Nc2cc(Cl)ccc2N2CCN(C)CC2)ccc1OCC#N. The van der Waals surface area contributed by atoms with E-state index in [0.717, 1.165) is 37.4 Å². The van der Waals surface area contributed by atoms with Gasteiger partial charge in [-0.1, -0.05) is 17.7 Å². The molecular weight excluding hydrogens is 416 g/mol. The van der Waals surface area contributed by atoms with Gasteiger partial charge in [-0.15, -0.1) is 0 Å². The molecule has 1 amide bonds. The second-order valence-corrected chi connectivity index (χ2v) is 7.57. The third kappa shape index (κ3) is 6.14. The Morgan fingerprint density at radius 3 is 2.68 bits per heavy atom. The highest BCUT2D eigenvalue weighted by molar-refractivity contribution is 6.31. The van der Waals surface area contributed by atoms with E-state index in [1.165, 1.54) is 13.2 Å². The largest absolute Gasteiger partial charge is 0.493 e. The fraction of sp³-hybridized carbons (Fsp3) is 0.304. The lowest BCUT2D eigenvalue weighted by Gasteiger charge is -2.35. The molecule has 2 aromatic rings. The van der Waals surface area contributed by atoms with E-state index in [1.807, 2.05) is 18.2 Å². The van der Waals surface area contributed by atoms with Gasteiger partial charge in [-0.2, -0.15) is 5.26 Å². The number of carbonyl (C=O) groups excluding carboxylic acids is 1. The molecule has 1 saturated heterocycles. The normalized spacial score (nSPS) is 14.3. The number of nitrogens with zero attached hydrogens (tertiary/aromatic N) is 3. The Balaban J connectivity index is 1.71. The minimum atomic E-state index is -0.263. The Morgan fingerprint density at radius 2 is 1.97 bits per heavy atom. The van der Waals surface area contributed by atoms with E-state index in [9.17, 15) is 4.79 Å². The maximum Gasteiger partial charge on any atom is 0.248 e. The predicted molar refractivity (Wildman–Crippen MR) is 123 cm³/mol. The van der Waals surface area contributed by atoms with Crippen LogP contribution in [-0.4, -0.2) is 57.8 Å². The number of carbonyl (C=O) groups is 1. The molecule has 0 saturated carbocycles. The Kier molecular flexibility index (Phi) is 7.76. The van der Waals surface area contributed by atoms with Crippen LogP contribution in [0.1, 0.15) is 5.56 Å². The van der Waals surface area contributed by atoms with Crippen LogP contribution in [0.3, 0.4) is 0 Å². The molecule has 3 rings (SSSR count). The first-order valence-electron chi connectivity index (χ1n) is 9.90. The lowest BCUT2D eigenvalue weighted by Crippen LogP contribution is -2.44. The summed E-state index contributed by atoms with van der Waals surface area (Å²) in [5, 5.41) is 12.2. The number of nitriles is 1. The zero-order valence-corrected chi connectivity index (χ0v) is 18.4. The topological polar surface area (TPSA) is 77.8 Å². The Morgan fingerprint density at radius 1 is 1.19 bits per heavy atom. The van der Waals surface area contributed by atoms with Crippen molar-refractivity contribution in [2.75, 3.05) is 57.2 Å². The number of benzene rings is 2. The van der Waals surface area contributed by atoms with Crippen LogP contribution in [0, 0.1) is 11.3 Å². The number of rotatable bonds is 7. The summed E-state index contributed by atoms with van der Waals surface area (Å²) in [6.45, 7) is 3.63. The third-order valence-corrected chi connectivity index (χ3v) is 5.20. The number of nitrogens with one attached hydrogen (secondary N) is 1. The van der Waals surface area contributed by atoms with E-state index >= 15 is 0 Å². The summed E-state index contributed by atoms with van der Waals surface area (Å²) in [4.78, 5) is 17.1. The van der Waals surface area contributed by atoms with Crippen molar-refractivity contribution in [1.82, 2.24) is 4.90 Å². The molecule has 1 fully saturated rings. The highest BCUT2D eigenvalue weighted by atomic mass is 35.5. The van der Waals surface area contributed by atoms with Gasteiger partial charge in [0.05, 0.1) is 18.5 Å². The van der Waals surface area contributed by atoms with Crippen LogP contribution < -0.4 is 19.7 Å². The fourth-order valence-corrected chi connectivity index (χ4v) is 3.47. The van der Waals surface area contributed by atoms with Gasteiger partial charge in [0.25, 0.3) is 0 Å². The molecular formula is C23H25ClN4O3. The number of piperazine rings is 1. The lowest BCUT2D eigenvalue weighted by atomic mass is 10.1. The van der Waals surface area contributed by atoms with Crippen LogP contribution in [-0.2, 0) is 4.79 Å². The Labute approximate surface area is 187 Å². The Bertz CT molecular complexity index is 995. The first kappa shape index (κ1) is 22.5. The molecule has 1 aliphatic rings. The third-order valence-electron chi connectivity index (χ3n) is 4.97. The molecule has 1 aliphatic heterocycles. The Hall–Kier alpha value is -3.21. The number of halogens is 1. The minimum Gasteiger partial charge on any atom is -0.493 e. The van der Waals surface area contributed by atoms with Crippen molar-refractivity contribution in [3.05, 3.63) is 53.1 Å². The van der Waals surface area contributed by atoms with Gasteiger partial charge in [0, 0.05) is 37.3 Å². The summed E-state index contributed by atoms with van der Waals surface area (Å²) in [5.74, 6) is 0.702. The van der Waals surface area contributed by atoms with Crippen molar-refractivity contribution >= 4 is 35.0 Å². The van der Waals surface area contributed by atoms with Gasteiger partial charge in [-0.25, -0.2) is 0 Å². The van der Waals surface area contributed by atoms with Gasteiger partial charge in [-0.3, -0.25) is 4.79 Å². The second kappa shape index (κ2) is 10.7. The van der Waals surface area contributed by atoms with Crippen molar-refractivity contribution < 1.29 is 14.3 Å². The van der Waals surface area contributed by atoms with Gasteiger partial charge in [0.2, 0.25) is 5.91 Å². The van der Waals surface area contributed by atoms with Crippen molar-refractivity contribution in [1.29, 1.82) is 5.26 Å². The summed E-state index contributed by atoms with van der Waals surface area (Å²) < 4.78 is 10.6. The number of likely N-dealkylation sites (N-methyl/N-ethyl adjacent to an activating group) is 1. The molecule has 7 nitrogen and oxygen atoms in total. The summed E-state index contributed by atoms with van der Waals surface area (Å²) in [5.41, 5.74) is 2.41. The number of anilines is 2. The number of hydrogen-bond donors (Lipinski definition) is 1. The molecule has 0 spiro atoms. The van der Waals surface area contributed by atoms with Crippen LogP contribution in [0.2, 0.25) is 5.02 Å². The number of hydrogen-bond acceptors (Lipinski definition) is 6. The average molecular weight is 441 g/mol. The highest BCUT2D eigenvalue weighted by Gasteiger charge is 2.18. The zero-order chi connectivity index (χ0) is 22.2. The molecule has 31 heavy (non-hydrogen) atoms. The van der Waals surface area contributed by atoms with E-state index < -0.39 is 0 Å². The van der Waals surface area contributed by atoms with Gasteiger partial charge in [-0.05, 0) is 49.0 Å². The van der Waals surface area contributed by atoms with E-state index in [0.29, 0.717) is 22.2 Å². The van der Waals surface area contributed by atoms with Crippen LogP contribution in [0.5, 0.6) is 11.5 Å². The maximum absolute atomic E-state index is 12.6. The van der Waals surface area contributed by atoms with Crippen LogP contribution in [0.15, 0.2) is 42.5 Å². The predicted octanol–water partition coefficient (Wildman–Crippen LogP) is 3.65. The molecule has 2 aromatic carbocycles. The number of amides is 1. The molecule has 0 radical (unpaired) electrons. The van der Waals surface area contributed by atoms with Gasteiger partial charge < -0.3 is 24.6 Å². The first-order valence-corrected chi connectivity index (χ1v) is 10.3. The quantitative estimate of drug-likeness (QED) is 0.662. The molecule has 1 N–H and O–H groups in total. The number of ether oxygens (including phenoxy) is 2. The minimum absolute atomic E-state index is 0.0662. The van der Waals surface area contributed by atoms with Gasteiger partial charge in [0.15, 0.2) is 18.1 Å². The highest BCUT2D eigenvalue weighted by Crippen LogP contribution is 2.31. The summed E-state index contributed by atoms with van der Waals surface area (Å²) in [6, 6.07) is 12.7. The van der Waals surface area contributed by atoms with E-state index in [4.69, 9.17) is 26.3 Å². The van der Waals surface area contributed by atoms with E-state index in [1.54, 1.807) is 30.3 Å². The lowest BCUT2D eigenvalue weighted by molar-refractivity contribution is -0.111. The van der Waals surface area contributed by atoms with Gasteiger partial charge >= 0.3 is 0 Å². The smallest absolute Gasteiger partial charge is 0.248 e. The maximum atomic E-state index is 12.6. The standard InChI is InChI=1S/C23H25ClN4O3/c1-27-10-12-28(13-11-27)20-6-5-18(24)16-19(20)26-23(29)8-4-17-3-7-21(31-14-9-25)22(15-17)30-2/h3-8,15-16H,10-14H2,1-2H3,(H,26,29)/b8-4+. The van der Waals surface area contributed by atoms with Crippen LogP contribution >= 0.6 is 11.6 Å². The zero-order valence-electron chi connectivity index (χ0n) is 17.6. The summed E-state index contributed by atoms with van der Waals surface area (Å²) >= 11 is 6.18. The summed E-state index contributed by atoms with van der Waals surface area (Å²) in [7, 11) is 3.62. The first-order chi connectivity index (χ1) is 15.0. The molecule has 0 bridgehead atoms. The average Bonchev–Trinajstić information content (AvgIpc) is 2.77. The molecule has 0 aliphatic carbocycles. The van der Waals surface area contributed by atoms with E-state index in [-0.39, 0.29) is 12.5 Å². The van der Waals surface area contributed by atoms with Crippen molar-refractivity contribution in [2.24, 2.45) is 0 Å². The molecule has 0 aromatic heterocycles. The van der Waals surface area contributed by atoms with Crippen molar-refractivity contribution in [3.8, 4) is 17.6 Å².